The third-order valence-corrected chi connectivity index (χ3v) is 4.24. The fourth-order valence-electron chi connectivity index (χ4n) is 2.71. The summed E-state index contributed by atoms with van der Waals surface area (Å²) in [6.45, 7) is 10.2. The van der Waals surface area contributed by atoms with Gasteiger partial charge in [-0.2, -0.15) is 0 Å². The summed E-state index contributed by atoms with van der Waals surface area (Å²) in [7, 11) is 0. The second kappa shape index (κ2) is 10.0. The van der Waals surface area contributed by atoms with Gasteiger partial charge in [0, 0.05) is 0 Å². The van der Waals surface area contributed by atoms with Gasteiger partial charge in [0.2, 0.25) is 6.33 Å². The molecule has 0 saturated heterocycles. The summed E-state index contributed by atoms with van der Waals surface area (Å²) >= 11 is 0. The maximum absolute atomic E-state index is 2.33. The Hall–Kier alpha value is -0.790. The molecule has 0 unspecified atom stereocenters. The van der Waals surface area contributed by atoms with Crippen LogP contribution in [0.3, 0.4) is 0 Å². The largest absolute Gasteiger partial charge is 0.244 e. The monoisotopic (exact) mass is 293 g/mol. The van der Waals surface area contributed by atoms with Crippen molar-refractivity contribution in [2.75, 3.05) is 0 Å². The Morgan fingerprint density at radius 1 is 0.810 bits per heavy atom. The van der Waals surface area contributed by atoms with Gasteiger partial charge in [0.05, 0.1) is 6.54 Å². The standard InChI is InChI=1S/C19H37N2/c1-5-6-7-8-9-10-11-12-13-14-15-20-16-17-21(18-20)19(2,3)4/h16-18H,5-15H2,1-4H3/q+1. The summed E-state index contributed by atoms with van der Waals surface area (Å²) in [6.07, 6.45) is 20.7. The van der Waals surface area contributed by atoms with Gasteiger partial charge in [-0.25, -0.2) is 9.13 Å². The van der Waals surface area contributed by atoms with Gasteiger partial charge >= 0.3 is 0 Å². The van der Waals surface area contributed by atoms with Crippen molar-refractivity contribution in [2.24, 2.45) is 0 Å². The van der Waals surface area contributed by atoms with E-state index in [1.807, 2.05) is 0 Å². The molecule has 0 aliphatic rings. The minimum atomic E-state index is 0.197. The van der Waals surface area contributed by atoms with Crippen molar-refractivity contribution in [1.82, 2.24) is 4.57 Å². The maximum Gasteiger partial charge on any atom is 0.244 e. The van der Waals surface area contributed by atoms with E-state index in [0.717, 1.165) is 0 Å². The Bertz CT molecular complexity index is 360. The van der Waals surface area contributed by atoms with Gasteiger partial charge in [-0.3, -0.25) is 0 Å². The summed E-state index contributed by atoms with van der Waals surface area (Å²) in [4.78, 5) is 0. The van der Waals surface area contributed by atoms with E-state index in [-0.39, 0.29) is 5.54 Å². The SMILES string of the molecule is CCCCCCCCCCCC[n+]1ccn(C(C)(C)C)c1. The Labute approximate surface area is 132 Å². The first-order valence-electron chi connectivity index (χ1n) is 9.11. The molecule has 0 spiro atoms. The van der Waals surface area contributed by atoms with Crippen LogP contribution >= 0.6 is 0 Å². The average Bonchev–Trinajstić information content (AvgIpc) is 2.90. The maximum atomic E-state index is 2.33. The Morgan fingerprint density at radius 2 is 1.33 bits per heavy atom. The summed E-state index contributed by atoms with van der Waals surface area (Å²) in [5, 5.41) is 0. The van der Waals surface area contributed by atoms with E-state index in [0.29, 0.717) is 0 Å². The topological polar surface area (TPSA) is 8.81 Å². The molecule has 2 nitrogen and oxygen atoms in total. The van der Waals surface area contributed by atoms with Gasteiger partial charge in [0.1, 0.15) is 17.9 Å². The average molecular weight is 294 g/mol. The molecule has 21 heavy (non-hydrogen) atoms. The quantitative estimate of drug-likeness (QED) is 0.379. The van der Waals surface area contributed by atoms with Crippen LogP contribution in [0.1, 0.15) is 91.9 Å². The molecule has 1 heterocycles. The lowest BCUT2D eigenvalue weighted by Gasteiger charge is -2.13. The predicted octanol–water partition coefficient (Wildman–Crippen LogP) is 5.45. The molecule has 0 atom stereocenters. The number of aromatic nitrogens is 2. The van der Waals surface area contributed by atoms with Crippen molar-refractivity contribution in [3.63, 3.8) is 0 Å². The van der Waals surface area contributed by atoms with E-state index < -0.39 is 0 Å². The molecule has 0 saturated carbocycles. The van der Waals surface area contributed by atoms with Crippen LogP contribution in [0, 0.1) is 0 Å². The van der Waals surface area contributed by atoms with Crippen LogP contribution in [0.4, 0.5) is 0 Å². The first kappa shape index (κ1) is 18.3. The molecule has 0 aromatic carbocycles. The summed E-state index contributed by atoms with van der Waals surface area (Å²) in [5.41, 5.74) is 0.197. The van der Waals surface area contributed by atoms with Crippen LogP contribution in [0.15, 0.2) is 18.7 Å². The van der Waals surface area contributed by atoms with Crippen LogP contribution in [-0.4, -0.2) is 4.57 Å². The number of unbranched alkanes of at least 4 members (excludes halogenated alkanes) is 9. The van der Waals surface area contributed by atoms with Gasteiger partial charge in [0.25, 0.3) is 0 Å². The van der Waals surface area contributed by atoms with Crippen molar-refractivity contribution in [3.05, 3.63) is 18.7 Å². The third kappa shape index (κ3) is 8.28. The molecule has 2 heteroatoms. The number of hydrogen-bond donors (Lipinski definition) is 0. The van der Waals surface area contributed by atoms with Crippen LogP contribution in [0.25, 0.3) is 0 Å². The number of imidazole rings is 1. The van der Waals surface area contributed by atoms with Gasteiger partial charge in [0.15, 0.2) is 0 Å². The first-order valence-corrected chi connectivity index (χ1v) is 9.11. The fraction of sp³-hybridized carbons (Fsp3) is 0.842. The first-order chi connectivity index (χ1) is 10.0. The zero-order valence-corrected chi connectivity index (χ0v) is 14.9. The van der Waals surface area contributed by atoms with E-state index in [1.54, 1.807) is 0 Å². The minimum Gasteiger partial charge on any atom is -0.237 e. The molecule has 0 bridgehead atoms. The van der Waals surface area contributed by atoms with Crippen molar-refractivity contribution in [3.8, 4) is 0 Å². The molecule has 1 aromatic rings. The molecule has 0 radical (unpaired) electrons. The predicted molar refractivity (Wildman–Crippen MR) is 91.5 cm³/mol. The highest BCUT2D eigenvalue weighted by molar-refractivity contribution is 4.78. The van der Waals surface area contributed by atoms with E-state index in [9.17, 15) is 0 Å². The second-order valence-electron chi connectivity index (χ2n) is 7.41. The van der Waals surface area contributed by atoms with Crippen molar-refractivity contribution < 1.29 is 4.57 Å². The van der Waals surface area contributed by atoms with Gasteiger partial charge in [-0.05, 0) is 33.6 Å². The van der Waals surface area contributed by atoms with Crippen LogP contribution in [0.2, 0.25) is 0 Å². The lowest BCUT2D eigenvalue weighted by molar-refractivity contribution is -0.697. The molecule has 0 fully saturated rings. The highest BCUT2D eigenvalue weighted by atomic mass is 15.1. The minimum absolute atomic E-state index is 0.197. The smallest absolute Gasteiger partial charge is 0.237 e. The van der Waals surface area contributed by atoms with Crippen molar-refractivity contribution in [2.45, 2.75) is 104 Å². The summed E-state index contributed by atoms with van der Waals surface area (Å²) in [6, 6.07) is 0. The zero-order valence-electron chi connectivity index (χ0n) is 14.9. The van der Waals surface area contributed by atoms with Crippen LogP contribution in [0.5, 0.6) is 0 Å². The molecule has 0 amide bonds. The fourth-order valence-corrected chi connectivity index (χ4v) is 2.71. The second-order valence-corrected chi connectivity index (χ2v) is 7.41. The molecule has 0 N–H and O–H groups in total. The normalized spacial score (nSPS) is 12.0. The number of nitrogens with zero attached hydrogens (tertiary/aromatic N) is 2. The molecule has 1 rings (SSSR count). The number of aryl methyl sites for hydroxylation is 1. The molecule has 1 aromatic heterocycles. The zero-order chi connectivity index (χ0) is 15.6. The van der Waals surface area contributed by atoms with Crippen molar-refractivity contribution in [1.29, 1.82) is 0 Å². The molecule has 0 aliphatic heterocycles. The van der Waals surface area contributed by atoms with E-state index in [2.05, 4.69) is 55.6 Å². The van der Waals surface area contributed by atoms with Gasteiger partial charge < -0.3 is 0 Å². The van der Waals surface area contributed by atoms with E-state index in [1.165, 1.54) is 70.8 Å². The summed E-state index contributed by atoms with van der Waals surface area (Å²) in [5.74, 6) is 0. The molecule has 0 aliphatic carbocycles. The van der Waals surface area contributed by atoms with Crippen LogP contribution in [-0.2, 0) is 12.1 Å². The Kier molecular flexibility index (Phi) is 8.72. The van der Waals surface area contributed by atoms with Crippen molar-refractivity contribution >= 4 is 0 Å². The molecular formula is C19H37N2+. The van der Waals surface area contributed by atoms with E-state index >= 15 is 0 Å². The Balaban J connectivity index is 1.98. The van der Waals surface area contributed by atoms with E-state index in [4.69, 9.17) is 0 Å². The number of rotatable bonds is 11. The van der Waals surface area contributed by atoms with Gasteiger partial charge in [-0.1, -0.05) is 58.3 Å². The highest BCUT2D eigenvalue weighted by Gasteiger charge is 2.18. The lowest BCUT2D eigenvalue weighted by Crippen LogP contribution is -2.32. The summed E-state index contributed by atoms with van der Waals surface area (Å²) < 4.78 is 4.62. The molecule has 122 valence electrons. The number of hydrogen-bond acceptors (Lipinski definition) is 0. The highest BCUT2D eigenvalue weighted by Crippen LogP contribution is 2.12. The van der Waals surface area contributed by atoms with Crippen LogP contribution < -0.4 is 4.57 Å². The van der Waals surface area contributed by atoms with Gasteiger partial charge in [-0.15, -0.1) is 0 Å². The third-order valence-electron chi connectivity index (χ3n) is 4.24. The lowest BCUT2D eigenvalue weighted by atomic mass is 10.1. The molecular weight excluding hydrogens is 256 g/mol. The Morgan fingerprint density at radius 3 is 1.81 bits per heavy atom.